The van der Waals surface area contributed by atoms with E-state index in [2.05, 4.69) is 20.8 Å². The van der Waals surface area contributed by atoms with Gasteiger partial charge < -0.3 is 9.47 Å². The molecule has 0 aromatic rings. The molecule has 4 heteroatoms. The fourth-order valence-electron chi connectivity index (χ4n) is 2.79. The molecule has 2 aliphatic carbocycles. The Morgan fingerprint density at radius 1 is 1.10 bits per heavy atom. The second-order valence-electron chi connectivity index (χ2n) is 8.88. The van der Waals surface area contributed by atoms with Crippen molar-refractivity contribution >= 4 is 11.8 Å². The molecule has 0 heterocycles. The lowest BCUT2D eigenvalue weighted by molar-refractivity contribution is -0.142. The Morgan fingerprint density at radius 2 is 1.76 bits per heavy atom. The molecule has 0 spiro atoms. The van der Waals surface area contributed by atoms with Gasteiger partial charge in [-0.25, -0.2) is 0 Å². The third-order valence-electron chi connectivity index (χ3n) is 4.49. The van der Waals surface area contributed by atoms with Crippen molar-refractivity contribution in [3.63, 3.8) is 0 Å². The highest BCUT2D eigenvalue weighted by Crippen LogP contribution is 2.31. The number of carbonyl (C=O) groups is 2. The predicted octanol–water partition coefficient (Wildman–Crippen LogP) is 5.75. The summed E-state index contributed by atoms with van der Waals surface area (Å²) in [4.78, 5) is 25.7. The number of ketones is 1. The van der Waals surface area contributed by atoms with Gasteiger partial charge in [-0.15, -0.1) is 0 Å². The van der Waals surface area contributed by atoms with Crippen molar-refractivity contribution in [1.82, 2.24) is 0 Å². The molecule has 0 N–H and O–H groups in total. The summed E-state index contributed by atoms with van der Waals surface area (Å²) in [6, 6.07) is 0. The lowest BCUT2D eigenvalue weighted by atomic mass is 9.92. The van der Waals surface area contributed by atoms with E-state index in [1.54, 1.807) is 32.9 Å². The molecule has 29 heavy (non-hydrogen) atoms. The van der Waals surface area contributed by atoms with Crippen LogP contribution in [-0.4, -0.2) is 18.4 Å². The minimum atomic E-state index is -0.366. The van der Waals surface area contributed by atoms with Crippen molar-refractivity contribution in [2.75, 3.05) is 6.61 Å². The summed E-state index contributed by atoms with van der Waals surface area (Å²) in [6.45, 7) is 12.0. The molecule has 0 aromatic heterocycles. The lowest BCUT2D eigenvalue weighted by Gasteiger charge is -2.23. The van der Waals surface area contributed by atoms with E-state index in [9.17, 15) is 9.59 Å². The van der Waals surface area contributed by atoms with E-state index in [1.807, 2.05) is 30.4 Å². The average molecular weight is 397 g/mol. The molecule has 2 rings (SSSR count). The normalized spacial score (nSPS) is 22.6. The van der Waals surface area contributed by atoms with E-state index in [1.165, 1.54) is 0 Å². The second-order valence-corrected chi connectivity index (χ2v) is 8.88. The van der Waals surface area contributed by atoms with E-state index < -0.39 is 0 Å². The predicted molar refractivity (Wildman–Crippen MR) is 116 cm³/mol. The van der Waals surface area contributed by atoms with Crippen LogP contribution in [-0.2, 0) is 19.1 Å². The maximum Gasteiger partial charge on any atom is 0.313 e. The van der Waals surface area contributed by atoms with Gasteiger partial charge in [0.1, 0.15) is 11.5 Å². The summed E-state index contributed by atoms with van der Waals surface area (Å²) in [7, 11) is 0. The number of allylic oxidation sites excluding steroid dienone is 10. The summed E-state index contributed by atoms with van der Waals surface area (Å²) in [5.41, 5.74) is 1.91. The highest BCUT2D eigenvalue weighted by Gasteiger charge is 2.26. The Bertz CT molecular complexity index is 837. The minimum absolute atomic E-state index is 0.0396. The molecule has 0 saturated carbocycles. The first-order chi connectivity index (χ1) is 13.6. The van der Waals surface area contributed by atoms with Gasteiger partial charge in [-0.2, -0.15) is 0 Å². The number of carbonyl (C=O) groups excluding carboxylic acids is 2. The van der Waals surface area contributed by atoms with E-state index >= 15 is 0 Å². The molecule has 0 aromatic carbocycles. The van der Waals surface area contributed by atoms with Gasteiger partial charge in [0.05, 0.1) is 18.1 Å². The van der Waals surface area contributed by atoms with Crippen molar-refractivity contribution < 1.29 is 19.1 Å². The Balaban J connectivity index is 2.51. The first kappa shape index (κ1) is 22.7. The van der Waals surface area contributed by atoms with Gasteiger partial charge in [-0.3, -0.25) is 9.59 Å². The number of hydrogen-bond donors (Lipinski definition) is 0. The van der Waals surface area contributed by atoms with Crippen molar-refractivity contribution in [1.29, 1.82) is 0 Å². The van der Waals surface area contributed by atoms with Crippen molar-refractivity contribution in [2.24, 2.45) is 11.3 Å². The van der Waals surface area contributed by atoms with Gasteiger partial charge in [-0.05, 0) is 42.9 Å². The highest BCUT2D eigenvalue weighted by atomic mass is 16.5. The lowest BCUT2D eigenvalue weighted by Crippen LogP contribution is -2.19. The maximum atomic E-state index is 13.5. The van der Waals surface area contributed by atoms with Crippen LogP contribution in [0.2, 0.25) is 0 Å². The smallest absolute Gasteiger partial charge is 0.313 e. The zero-order valence-electron chi connectivity index (χ0n) is 18.4. The van der Waals surface area contributed by atoms with Gasteiger partial charge in [0, 0.05) is 5.57 Å². The Labute approximate surface area is 174 Å². The van der Waals surface area contributed by atoms with Gasteiger partial charge in [0.15, 0.2) is 5.78 Å². The monoisotopic (exact) mass is 396 g/mol. The molecule has 0 saturated heterocycles. The average Bonchev–Trinajstić information content (AvgIpc) is 2.84. The molecule has 156 valence electrons. The molecule has 0 atom stereocenters. The SMILES string of the molecule is C\C1=C(OC(=O)C(C)C)/C=C\C=C\CC2=C(C1=O)C(OCC(C)(C)C)=CC=CC2. The molecular formula is C25H32O4. The van der Waals surface area contributed by atoms with Crippen LogP contribution in [0.4, 0.5) is 0 Å². The summed E-state index contributed by atoms with van der Waals surface area (Å²) in [6.07, 6.45) is 14.5. The number of rotatable bonds is 4. The molecule has 0 bridgehead atoms. The Kier molecular flexibility index (Phi) is 7.60. The van der Waals surface area contributed by atoms with Gasteiger partial charge in [0.2, 0.25) is 0 Å². The third-order valence-corrected chi connectivity index (χ3v) is 4.49. The van der Waals surface area contributed by atoms with E-state index in [0.29, 0.717) is 36.4 Å². The zero-order valence-corrected chi connectivity index (χ0v) is 18.4. The highest BCUT2D eigenvalue weighted by molar-refractivity contribution is 6.11. The fourth-order valence-corrected chi connectivity index (χ4v) is 2.79. The summed E-state index contributed by atoms with van der Waals surface area (Å²) in [5, 5.41) is 0. The van der Waals surface area contributed by atoms with E-state index in [-0.39, 0.29) is 28.8 Å². The third kappa shape index (κ3) is 6.45. The number of hydrogen-bond acceptors (Lipinski definition) is 4. The molecule has 0 radical (unpaired) electrons. The number of Topliss-reactive ketones (excluding diaryl/α,β-unsaturated/α-hetero) is 1. The molecule has 0 amide bonds. The molecule has 0 fully saturated rings. The van der Waals surface area contributed by atoms with Gasteiger partial charge >= 0.3 is 5.97 Å². The Morgan fingerprint density at radius 3 is 2.38 bits per heavy atom. The van der Waals surface area contributed by atoms with Crippen LogP contribution >= 0.6 is 0 Å². The molecular weight excluding hydrogens is 364 g/mol. The molecule has 0 aliphatic heterocycles. The zero-order chi connectivity index (χ0) is 21.6. The van der Waals surface area contributed by atoms with Crippen molar-refractivity contribution in [3.8, 4) is 0 Å². The van der Waals surface area contributed by atoms with Crippen LogP contribution in [0.15, 0.2) is 70.8 Å². The van der Waals surface area contributed by atoms with E-state index in [4.69, 9.17) is 9.47 Å². The summed E-state index contributed by atoms with van der Waals surface area (Å²) < 4.78 is 11.6. The van der Waals surface area contributed by atoms with Crippen LogP contribution in [0, 0.1) is 11.3 Å². The standard InChI is InChI=1S/C25H32O4/c1-17(2)24(27)29-20-14-9-7-8-12-19-13-10-11-15-21(28-16-25(4,5)6)22(19)23(26)18(20)3/h7-11,14-15,17H,12-13,16H2,1-6H3/b8-7+,14-9-,20-18-. The van der Waals surface area contributed by atoms with Gasteiger partial charge in [-0.1, -0.05) is 65.0 Å². The first-order valence-electron chi connectivity index (χ1n) is 10.1. The Hall–Kier alpha value is -2.62. The molecule has 2 aliphatic rings. The van der Waals surface area contributed by atoms with Crippen molar-refractivity contribution in [3.05, 3.63) is 70.8 Å². The largest absolute Gasteiger partial charge is 0.492 e. The van der Waals surface area contributed by atoms with Crippen LogP contribution in [0.3, 0.4) is 0 Å². The van der Waals surface area contributed by atoms with Crippen LogP contribution in [0.1, 0.15) is 54.4 Å². The maximum absolute atomic E-state index is 13.5. The fraction of sp³-hybridized carbons (Fsp3) is 0.440. The quantitative estimate of drug-likeness (QED) is 0.568. The minimum Gasteiger partial charge on any atom is -0.492 e. The summed E-state index contributed by atoms with van der Waals surface area (Å²) >= 11 is 0. The van der Waals surface area contributed by atoms with Crippen LogP contribution in [0.25, 0.3) is 0 Å². The van der Waals surface area contributed by atoms with Crippen molar-refractivity contribution in [2.45, 2.75) is 54.4 Å². The number of ether oxygens (including phenoxy) is 2. The van der Waals surface area contributed by atoms with Gasteiger partial charge in [0.25, 0.3) is 0 Å². The van der Waals surface area contributed by atoms with E-state index in [0.717, 1.165) is 5.57 Å². The van der Waals surface area contributed by atoms with Crippen LogP contribution in [0.5, 0.6) is 0 Å². The first-order valence-corrected chi connectivity index (χ1v) is 10.1. The topological polar surface area (TPSA) is 52.6 Å². The summed E-state index contributed by atoms with van der Waals surface area (Å²) in [5.74, 6) is 0.0249. The van der Waals surface area contributed by atoms with Crippen LogP contribution < -0.4 is 0 Å². The number of esters is 1. The molecule has 0 unspecified atom stereocenters. The second kappa shape index (κ2) is 9.73. The molecule has 4 nitrogen and oxygen atoms in total.